The number of likely N-dealkylation sites (N-methyl/N-ethyl adjacent to an activating group) is 1. The second-order valence-electron chi connectivity index (χ2n) is 2.95. The number of carbonyl (C=O) groups is 1. The van der Waals surface area contributed by atoms with Crippen LogP contribution in [-0.4, -0.2) is 45.0 Å². The number of carbonyl (C=O) groups excluding carboxylic acids is 1. The third-order valence-corrected chi connectivity index (χ3v) is 3.63. The van der Waals surface area contributed by atoms with Gasteiger partial charge in [0.15, 0.2) is 5.54 Å². The predicted molar refractivity (Wildman–Crippen MR) is 43.1 cm³/mol. The van der Waals surface area contributed by atoms with E-state index < -0.39 is 21.8 Å². The SMILES string of the molecule is COC(=O)C1(C)COS(=O)(=O)N1C. The number of nitrogens with zero attached hydrogens (tertiary/aromatic N) is 1. The molecule has 0 aromatic rings. The van der Waals surface area contributed by atoms with Crippen LogP contribution >= 0.6 is 0 Å². The van der Waals surface area contributed by atoms with Gasteiger partial charge in [0, 0.05) is 7.05 Å². The number of methoxy groups -OCH3 is 1. The monoisotopic (exact) mass is 209 g/mol. The maximum Gasteiger partial charge on any atom is 0.339 e. The molecule has 0 aromatic carbocycles. The van der Waals surface area contributed by atoms with Gasteiger partial charge in [-0.3, -0.25) is 4.18 Å². The Morgan fingerprint density at radius 3 is 2.46 bits per heavy atom. The summed E-state index contributed by atoms with van der Waals surface area (Å²) in [7, 11) is -1.28. The molecule has 13 heavy (non-hydrogen) atoms. The molecular weight excluding hydrogens is 198 g/mol. The van der Waals surface area contributed by atoms with Gasteiger partial charge in [-0.15, -0.1) is 0 Å². The van der Waals surface area contributed by atoms with E-state index in [0.717, 1.165) is 4.31 Å². The molecule has 1 atom stereocenters. The van der Waals surface area contributed by atoms with E-state index in [1.165, 1.54) is 21.1 Å². The molecule has 1 aliphatic rings. The second kappa shape index (κ2) is 2.93. The molecule has 1 unspecified atom stereocenters. The van der Waals surface area contributed by atoms with Crippen molar-refractivity contribution in [3.8, 4) is 0 Å². The van der Waals surface area contributed by atoms with Crippen molar-refractivity contribution in [1.29, 1.82) is 0 Å². The fourth-order valence-electron chi connectivity index (χ4n) is 1.01. The highest BCUT2D eigenvalue weighted by molar-refractivity contribution is 7.84. The molecule has 6 nitrogen and oxygen atoms in total. The third-order valence-electron chi connectivity index (χ3n) is 2.14. The summed E-state index contributed by atoms with van der Waals surface area (Å²) in [5, 5.41) is 0. The molecule has 1 rings (SSSR count). The Labute approximate surface area is 76.7 Å². The third kappa shape index (κ3) is 1.43. The van der Waals surface area contributed by atoms with E-state index >= 15 is 0 Å². The van der Waals surface area contributed by atoms with Crippen molar-refractivity contribution >= 4 is 16.3 Å². The van der Waals surface area contributed by atoms with E-state index in [1.807, 2.05) is 0 Å². The van der Waals surface area contributed by atoms with Gasteiger partial charge >= 0.3 is 16.3 Å². The van der Waals surface area contributed by atoms with Crippen LogP contribution in [0.25, 0.3) is 0 Å². The molecule has 76 valence electrons. The second-order valence-corrected chi connectivity index (χ2v) is 4.59. The van der Waals surface area contributed by atoms with Gasteiger partial charge in [0.2, 0.25) is 0 Å². The minimum absolute atomic E-state index is 0.210. The van der Waals surface area contributed by atoms with Crippen LogP contribution in [0.2, 0.25) is 0 Å². The summed E-state index contributed by atoms with van der Waals surface area (Å²) in [5.41, 5.74) is -1.24. The zero-order chi connectivity index (χ0) is 10.3. The number of rotatable bonds is 1. The Balaban J connectivity index is 3.03. The Kier molecular flexibility index (Phi) is 2.35. The summed E-state index contributed by atoms with van der Waals surface area (Å²) >= 11 is 0. The Morgan fingerprint density at radius 2 is 2.15 bits per heavy atom. The van der Waals surface area contributed by atoms with Gasteiger partial charge in [0.25, 0.3) is 0 Å². The molecule has 0 spiro atoms. The summed E-state index contributed by atoms with van der Waals surface area (Å²) in [6, 6.07) is 0. The van der Waals surface area contributed by atoms with E-state index in [9.17, 15) is 13.2 Å². The lowest BCUT2D eigenvalue weighted by Gasteiger charge is -2.23. The molecule has 0 radical (unpaired) electrons. The zero-order valence-electron chi connectivity index (χ0n) is 7.60. The molecule has 0 aromatic heterocycles. The first kappa shape index (κ1) is 10.4. The number of hydrogen-bond donors (Lipinski definition) is 0. The topological polar surface area (TPSA) is 72.9 Å². The quantitative estimate of drug-likeness (QED) is 0.525. The number of esters is 1. The van der Waals surface area contributed by atoms with Crippen LogP contribution in [0.1, 0.15) is 6.92 Å². The van der Waals surface area contributed by atoms with E-state index in [1.54, 1.807) is 0 Å². The van der Waals surface area contributed by atoms with Crippen molar-refractivity contribution < 1.29 is 22.1 Å². The van der Waals surface area contributed by atoms with E-state index in [-0.39, 0.29) is 6.61 Å². The summed E-state index contributed by atoms with van der Waals surface area (Å²) in [6.07, 6.45) is 0. The van der Waals surface area contributed by atoms with Gasteiger partial charge in [-0.25, -0.2) is 4.79 Å². The minimum Gasteiger partial charge on any atom is -0.468 e. The minimum atomic E-state index is -3.76. The highest BCUT2D eigenvalue weighted by Crippen LogP contribution is 2.27. The number of ether oxygens (including phenoxy) is 1. The fourth-order valence-corrected chi connectivity index (χ4v) is 2.17. The van der Waals surface area contributed by atoms with E-state index in [4.69, 9.17) is 0 Å². The molecule has 1 saturated heterocycles. The van der Waals surface area contributed by atoms with Crippen LogP contribution in [0, 0.1) is 0 Å². The van der Waals surface area contributed by atoms with Crippen molar-refractivity contribution in [2.45, 2.75) is 12.5 Å². The van der Waals surface area contributed by atoms with Crippen LogP contribution in [0.4, 0.5) is 0 Å². The smallest absolute Gasteiger partial charge is 0.339 e. The van der Waals surface area contributed by atoms with Crippen molar-refractivity contribution in [2.75, 3.05) is 20.8 Å². The standard InChI is InChI=1S/C6H11NO5S/c1-6(5(8)11-3)4-12-13(9,10)7(6)2/h4H2,1-3H3. The lowest BCUT2D eigenvalue weighted by molar-refractivity contribution is -0.150. The summed E-state index contributed by atoms with van der Waals surface area (Å²) in [4.78, 5) is 11.2. The molecule has 0 saturated carbocycles. The lowest BCUT2D eigenvalue weighted by atomic mass is 10.1. The normalized spacial score (nSPS) is 33.2. The lowest BCUT2D eigenvalue weighted by Crippen LogP contribution is -2.49. The van der Waals surface area contributed by atoms with Crippen molar-refractivity contribution in [2.24, 2.45) is 0 Å². The molecule has 0 amide bonds. The largest absolute Gasteiger partial charge is 0.468 e. The first-order valence-corrected chi connectivity index (χ1v) is 4.93. The van der Waals surface area contributed by atoms with Gasteiger partial charge in [0.05, 0.1) is 13.7 Å². The first-order chi connectivity index (χ1) is 5.84. The summed E-state index contributed by atoms with van der Waals surface area (Å²) in [5.74, 6) is -0.629. The molecular formula is C6H11NO5S. The molecule has 1 heterocycles. The van der Waals surface area contributed by atoms with Crippen molar-refractivity contribution in [3.63, 3.8) is 0 Å². The van der Waals surface area contributed by atoms with E-state index in [2.05, 4.69) is 8.92 Å². The summed E-state index contributed by atoms with van der Waals surface area (Å²) in [6.45, 7) is 1.24. The predicted octanol–water partition coefficient (Wildman–Crippen LogP) is -0.875. The Morgan fingerprint density at radius 1 is 1.62 bits per heavy atom. The molecule has 0 aliphatic carbocycles. The fraction of sp³-hybridized carbons (Fsp3) is 0.833. The first-order valence-electron chi connectivity index (χ1n) is 3.56. The molecule has 7 heteroatoms. The Bertz CT molecular complexity index is 324. The van der Waals surface area contributed by atoms with Crippen LogP contribution in [0.3, 0.4) is 0 Å². The molecule has 0 N–H and O–H groups in total. The molecule has 1 aliphatic heterocycles. The van der Waals surface area contributed by atoms with Crippen LogP contribution in [0.5, 0.6) is 0 Å². The molecule has 0 bridgehead atoms. The van der Waals surface area contributed by atoms with Gasteiger partial charge in [-0.1, -0.05) is 0 Å². The van der Waals surface area contributed by atoms with Gasteiger partial charge in [-0.2, -0.15) is 12.7 Å². The Hall–Kier alpha value is -0.660. The zero-order valence-corrected chi connectivity index (χ0v) is 8.42. The van der Waals surface area contributed by atoms with Crippen LogP contribution in [0.15, 0.2) is 0 Å². The van der Waals surface area contributed by atoms with Gasteiger partial charge < -0.3 is 4.74 Å². The summed E-state index contributed by atoms with van der Waals surface area (Å²) < 4.78 is 32.0. The van der Waals surface area contributed by atoms with Crippen molar-refractivity contribution in [1.82, 2.24) is 4.31 Å². The van der Waals surface area contributed by atoms with Gasteiger partial charge in [0.1, 0.15) is 0 Å². The average Bonchev–Trinajstić information content (AvgIpc) is 2.30. The molecule has 1 fully saturated rings. The van der Waals surface area contributed by atoms with Crippen molar-refractivity contribution in [3.05, 3.63) is 0 Å². The van der Waals surface area contributed by atoms with Gasteiger partial charge in [-0.05, 0) is 6.92 Å². The highest BCUT2D eigenvalue weighted by Gasteiger charge is 2.51. The number of hydrogen-bond acceptors (Lipinski definition) is 5. The highest BCUT2D eigenvalue weighted by atomic mass is 32.2. The average molecular weight is 209 g/mol. The maximum atomic E-state index is 11.2. The maximum absolute atomic E-state index is 11.2. The van der Waals surface area contributed by atoms with E-state index in [0.29, 0.717) is 0 Å². The van der Waals surface area contributed by atoms with Crippen LogP contribution < -0.4 is 0 Å². The van der Waals surface area contributed by atoms with Crippen LogP contribution in [-0.2, 0) is 24.0 Å².